The molecule has 0 aliphatic heterocycles. The third kappa shape index (κ3) is 4.40. The fraction of sp³-hybridized carbons (Fsp3) is 0.182. The van der Waals surface area contributed by atoms with E-state index in [1.54, 1.807) is 12.1 Å². The molecule has 1 amide bonds. The van der Waals surface area contributed by atoms with Crippen LogP contribution >= 0.6 is 34.2 Å². The first-order valence-corrected chi connectivity index (χ1v) is 6.13. The molecule has 0 unspecified atom stereocenters. The van der Waals surface area contributed by atoms with E-state index in [-0.39, 0.29) is 5.91 Å². The number of hydrogen-bond donors (Lipinski definition) is 1. The molecule has 0 radical (unpaired) electrons. The van der Waals surface area contributed by atoms with Gasteiger partial charge in [0.2, 0.25) is 0 Å². The van der Waals surface area contributed by atoms with Crippen LogP contribution in [0.1, 0.15) is 6.92 Å². The maximum Gasteiger partial charge on any atom is 0.251 e. The third-order valence-corrected chi connectivity index (χ3v) is 3.24. The minimum absolute atomic E-state index is 0.245. The van der Waals surface area contributed by atoms with Crippen LogP contribution in [0.5, 0.6) is 0 Å². The van der Waals surface area contributed by atoms with Gasteiger partial charge in [-0.15, -0.1) is 0 Å². The Labute approximate surface area is 113 Å². The normalized spacial score (nSPS) is 10.4. The predicted molar refractivity (Wildman–Crippen MR) is 73.6 cm³/mol. The van der Waals surface area contributed by atoms with Crippen LogP contribution in [0.15, 0.2) is 30.5 Å². The molecule has 0 saturated heterocycles. The molecule has 3 nitrogen and oxygen atoms in total. The van der Waals surface area contributed by atoms with Crippen molar-refractivity contribution in [1.82, 2.24) is 0 Å². The lowest BCUT2D eigenvalue weighted by Gasteiger charge is -2.03. The Morgan fingerprint density at radius 1 is 1.62 bits per heavy atom. The Bertz CT molecular complexity index is 407. The van der Waals surface area contributed by atoms with Crippen molar-refractivity contribution in [3.8, 4) is 0 Å². The highest BCUT2D eigenvalue weighted by Gasteiger charge is 2.01. The lowest BCUT2D eigenvalue weighted by atomic mass is 10.3. The number of carbonyl (C=O) groups excluding carboxylic acids is 1. The zero-order valence-electron chi connectivity index (χ0n) is 8.67. The minimum atomic E-state index is -0.245. The zero-order valence-corrected chi connectivity index (χ0v) is 11.6. The molecule has 86 valence electrons. The first kappa shape index (κ1) is 13.3. The highest BCUT2D eigenvalue weighted by Crippen LogP contribution is 2.22. The summed E-state index contributed by atoms with van der Waals surface area (Å²) in [5.41, 5.74) is 0.663. The molecule has 0 aromatic heterocycles. The lowest BCUT2D eigenvalue weighted by molar-refractivity contribution is -0.112. The van der Waals surface area contributed by atoms with Crippen molar-refractivity contribution < 1.29 is 9.53 Å². The second-order valence-electron chi connectivity index (χ2n) is 2.88. The summed E-state index contributed by atoms with van der Waals surface area (Å²) >= 11 is 8.05. The Morgan fingerprint density at radius 2 is 2.38 bits per heavy atom. The van der Waals surface area contributed by atoms with E-state index in [4.69, 9.17) is 16.3 Å². The number of amides is 1. The van der Waals surface area contributed by atoms with Gasteiger partial charge in [0.1, 0.15) is 0 Å². The van der Waals surface area contributed by atoms with E-state index in [9.17, 15) is 4.79 Å². The van der Waals surface area contributed by atoms with Gasteiger partial charge >= 0.3 is 0 Å². The molecule has 0 spiro atoms. The predicted octanol–water partition coefficient (Wildman–Crippen LogP) is 3.43. The van der Waals surface area contributed by atoms with Crippen LogP contribution in [0, 0.1) is 3.57 Å². The van der Waals surface area contributed by atoms with Gasteiger partial charge in [-0.05, 0) is 47.7 Å². The second-order valence-corrected chi connectivity index (χ2v) is 4.45. The van der Waals surface area contributed by atoms with E-state index in [1.807, 2.05) is 13.0 Å². The van der Waals surface area contributed by atoms with Crippen molar-refractivity contribution in [1.29, 1.82) is 0 Å². The van der Waals surface area contributed by atoms with Crippen molar-refractivity contribution in [3.05, 3.63) is 39.1 Å². The number of nitrogens with one attached hydrogen (secondary N) is 1. The van der Waals surface area contributed by atoms with E-state index in [1.165, 1.54) is 12.3 Å². The molecule has 0 aliphatic rings. The number of rotatable bonds is 4. The maximum atomic E-state index is 11.4. The standard InChI is InChI=1S/C11H11ClINO2/c1-2-16-6-5-11(15)14-8-3-4-10(13)9(12)7-8/h3-7H,2H2,1H3,(H,14,15). The fourth-order valence-corrected chi connectivity index (χ4v) is 1.48. The van der Waals surface area contributed by atoms with Gasteiger partial charge in [0.15, 0.2) is 0 Å². The zero-order chi connectivity index (χ0) is 12.0. The summed E-state index contributed by atoms with van der Waals surface area (Å²) in [5.74, 6) is -0.245. The summed E-state index contributed by atoms with van der Waals surface area (Å²) in [7, 11) is 0. The van der Waals surface area contributed by atoms with E-state index >= 15 is 0 Å². The number of ether oxygens (including phenoxy) is 1. The number of anilines is 1. The number of benzene rings is 1. The van der Waals surface area contributed by atoms with Gasteiger partial charge in [-0.3, -0.25) is 4.79 Å². The fourth-order valence-electron chi connectivity index (χ4n) is 0.964. The van der Waals surface area contributed by atoms with Crippen LogP contribution in [-0.2, 0) is 9.53 Å². The summed E-state index contributed by atoms with van der Waals surface area (Å²) in [5, 5.41) is 3.29. The van der Waals surface area contributed by atoms with Gasteiger partial charge in [0.05, 0.1) is 17.9 Å². The Balaban J connectivity index is 2.59. The summed E-state index contributed by atoms with van der Waals surface area (Å²) in [6.45, 7) is 2.39. The molecule has 0 saturated carbocycles. The van der Waals surface area contributed by atoms with Crippen molar-refractivity contribution in [2.45, 2.75) is 6.92 Å². The largest absolute Gasteiger partial charge is 0.501 e. The topological polar surface area (TPSA) is 38.3 Å². The Kier molecular flexibility index (Phi) is 5.62. The monoisotopic (exact) mass is 351 g/mol. The molecule has 1 rings (SSSR count). The number of halogens is 2. The van der Waals surface area contributed by atoms with Gasteiger partial charge in [0.25, 0.3) is 5.91 Å². The quantitative estimate of drug-likeness (QED) is 0.513. The van der Waals surface area contributed by atoms with Crippen molar-refractivity contribution in [2.75, 3.05) is 11.9 Å². The average Bonchev–Trinajstić information content (AvgIpc) is 2.24. The van der Waals surface area contributed by atoms with Crippen LogP contribution < -0.4 is 5.32 Å². The molecule has 0 aliphatic carbocycles. The number of carbonyl (C=O) groups is 1. The molecular formula is C11H11ClINO2. The SMILES string of the molecule is CCOC=CC(=O)Nc1ccc(I)c(Cl)c1. The van der Waals surface area contributed by atoms with Crippen LogP contribution in [0.4, 0.5) is 5.69 Å². The molecule has 0 fully saturated rings. The van der Waals surface area contributed by atoms with E-state index in [0.717, 1.165) is 3.57 Å². The van der Waals surface area contributed by atoms with Gasteiger partial charge in [0, 0.05) is 15.3 Å². The van der Waals surface area contributed by atoms with Crippen LogP contribution in [0.2, 0.25) is 5.02 Å². The van der Waals surface area contributed by atoms with Crippen molar-refractivity contribution in [2.24, 2.45) is 0 Å². The first-order chi connectivity index (χ1) is 7.63. The third-order valence-electron chi connectivity index (χ3n) is 1.67. The summed E-state index contributed by atoms with van der Waals surface area (Å²) in [6.07, 6.45) is 2.69. The van der Waals surface area contributed by atoms with Crippen molar-refractivity contribution in [3.63, 3.8) is 0 Å². The molecule has 1 N–H and O–H groups in total. The number of hydrogen-bond acceptors (Lipinski definition) is 2. The van der Waals surface area contributed by atoms with E-state index in [0.29, 0.717) is 17.3 Å². The minimum Gasteiger partial charge on any atom is -0.501 e. The van der Waals surface area contributed by atoms with E-state index in [2.05, 4.69) is 27.9 Å². The summed E-state index contributed by atoms with van der Waals surface area (Å²) in [6, 6.07) is 5.33. The molecule has 5 heteroatoms. The molecule has 16 heavy (non-hydrogen) atoms. The Morgan fingerprint density at radius 3 is 3.00 bits per heavy atom. The highest BCUT2D eigenvalue weighted by molar-refractivity contribution is 14.1. The molecule has 0 heterocycles. The average molecular weight is 352 g/mol. The van der Waals surface area contributed by atoms with Gasteiger partial charge in [-0.1, -0.05) is 11.6 Å². The molecule has 0 bridgehead atoms. The van der Waals surface area contributed by atoms with Gasteiger partial charge in [-0.25, -0.2) is 0 Å². The summed E-state index contributed by atoms with van der Waals surface area (Å²) in [4.78, 5) is 11.4. The molecular weight excluding hydrogens is 340 g/mol. The molecule has 1 aromatic carbocycles. The second kappa shape index (κ2) is 6.75. The Hall–Kier alpha value is -0.750. The van der Waals surface area contributed by atoms with Crippen LogP contribution in [0.25, 0.3) is 0 Å². The van der Waals surface area contributed by atoms with Gasteiger partial charge < -0.3 is 10.1 Å². The van der Waals surface area contributed by atoms with E-state index < -0.39 is 0 Å². The smallest absolute Gasteiger partial charge is 0.251 e. The highest BCUT2D eigenvalue weighted by atomic mass is 127. The lowest BCUT2D eigenvalue weighted by Crippen LogP contribution is -2.07. The molecule has 1 aromatic rings. The maximum absolute atomic E-state index is 11.4. The summed E-state index contributed by atoms with van der Waals surface area (Å²) < 4.78 is 5.86. The van der Waals surface area contributed by atoms with Crippen LogP contribution in [-0.4, -0.2) is 12.5 Å². The van der Waals surface area contributed by atoms with Crippen LogP contribution in [0.3, 0.4) is 0 Å². The van der Waals surface area contributed by atoms with Gasteiger partial charge in [-0.2, -0.15) is 0 Å². The first-order valence-electron chi connectivity index (χ1n) is 4.67. The van der Waals surface area contributed by atoms with Crippen molar-refractivity contribution >= 4 is 45.8 Å². The molecule has 0 atom stereocenters.